The molecule has 0 amide bonds. The molecule has 6 aromatic carbocycles. The third-order valence-corrected chi connectivity index (χ3v) is 15.1. The number of unbranched alkanes of at least 4 members (excludes halogenated alkanes) is 2. The molecule has 0 saturated heterocycles. The summed E-state index contributed by atoms with van der Waals surface area (Å²) in [5.41, 5.74) is 14.0. The summed E-state index contributed by atoms with van der Waals surface area (Å²) in [7, 11) is -4.00. The second-order valence-electron chi connectivity index (χ2n) is 19.8. The first kappa shape index (κ1) is 57.5. The van der Waals surface area contributed by atoms with Crippen molar-refractivity contribution >= 4 is 89.7 Å². The quantitative estimate of drug-likeness (QED) is 0.0619. The molecule has 0 saturated carbocycles. The molecular weight excluding hydrogens is 1030 g/mol. The second-order valence-corrected chi connectivity index (χ2v) is 21.2. The Labute approximate surface area is 482 Å². The Hall–Kier alpha value is -9.23. The van der Waals surface area contributed by atoms with Crippen LogP contribution in [0.5, 0.6) is 0 Å². The van der Waals surface area contributed by atoms with E-state index >= 15 is 0 Å². The molecule has 82 heavy (non-hydrogen) atoms. The zero-order valence-electron chi connectivity index (χ0n) is 46.9. The molecule has 414 valence electrons. The highest BCUT2D eigenvalue weighted by Gasteiger charge is 2.33. The molecule has 3 aromatic heterocycles. The first-order valence-corrected chi connectivity index (χ1v) is 29.4. The van der Waals surface area contributed by atoms with Crippen molar-refractivity contribution in [2.75, 3.05) is 34.3 Å². The van der Waals surface area contributed by atoms with Crippen LogP contribution in [0.1, 0.15) is 67.5 Å². The van der Waals surface area contributed by atoms with Crippen LogP contribution < -0.4 is 14.7 Å². The number of aryl methyl sites for hydroxylation is 1. The van der Waals surface area contributed by atoms with Gasteiger partial charge in [-0.1, -0.05) is 172 Å². The third-order valence-electron chi connectivity index (χ3n) is 14.2. The van der Waals surface area contributed by atoms with Crippen LogP contribution in [-0.2, 0) is 29.5 Å². The molecule has 11 nitrogen and oxygen atoms in total. The molecule has 11 rings (SSSR count). The van der Waals surface area contributed by atoms with Crippen LogP contribution in [0.4, 0.5) is 17.3 Å². The number of hydrogen-bond acceptors (Lipinski definition) is 9. The summed E-state index contributed by atoms with van der Waals surface area (Å²) in [5, 5.41) is 2.73. The van der Waals surface area contributed by atoms with Gasteiger partial charge in [-0.05, 0) is 120 Å². The van der Waals surface area contributed by atoms with Crippen molar-refractivity contribution in [3.05, 3.63) is 260 Å². The highest BCUT2D eigenvalue weighted by atomic mass is 32.2. The predicted octanol–water partition coefficient (Wildman–Crippen LogP) is 16.3. The summed E-state index contributed by atoms with van der Waals surface area (Å²) in [4.78, 5) is 26.6. The van der Waals surface area contributed by atoms with Gasteiger partial charge in [-0.3, -0.25) is 4.55 Å². The molecule has 0 fully saturated rings. The number of aromatic nitrogens is 5. The lowest BCUT2D eigenvalue weighted by Crippen LogP contribution is -2.28. The first-order valence-electron chi connectivity index (χ1n) is 28.0. The summed E-state index contributed by atoms with van der Waals surface area (Å²) < 4.78 is 31.4. The zero-order chi connectivity index (χ0) is 57.4. The number of anilines is 3. The first-order chi connectivity index (χ1) is 40.1. The predicted molar refractivity (Wildman–Crippen MR) is 345 cm³/mol. The van der Waals surface area contributed by atoms with E-state index in [1.807, 2.05) is 72.8 Å². The highest BCUT2D eigenvalue weighted by Crippen LogP contribution is 2.40. The van der Waals surface area contributed by atoms with E-state index in [0.29, 0.717) is 26.1 Å². The van der Waals surface area contributed by atoms with Crippen molar-refractivity contribution in [3.63, 3.8) is 0 Å². The number of para-hydroxylation sites is 5. The Kier molecular flexibility index (Phi) is 19.1. The molecule has 2 aliphatic rings. The fourth-order valence-electron chi connectivity index (χ4n) is 10.3. The molecule has 0 unspecified atom stereocenters. The van der Waals surface area contributed by atoms with Crippen molar-refractivity contribution in [2.45, 2.75) is 63.8 Å². The fourth-order valence-corrected chi connectivity index (χ4v) is 10.8. The number of fused-ring (bicyclic) bond motifs is 6. The fraction of sp³-hybridized carbons (Fsp3) is 0.171. The van der Waals surface area contributed by atoms with Gasteiger partial charge in [-0.2, -0.15) is 8.42 Å². The van der Waals surface area contributed by atoms with Gasteiger partial charge in [0.1, 0.15) is 11.3 Å². The maximum atomic E-state index is 10.4. The highest BCUT2D eigenvalue weighted by molar-refractivity contribution is 7.85. The van der Waals surface area contributed by atoms with Crippen molar-refractivity contribution in [2.24, 2.45) is 0 Å². The van der Waals surface area contributed by atoms with Crippen LogP contribution in [-0.4, -0.2) is 57.1 Å². The number of hydrogen-bond donors (Lipinski definition) is 1. The van der Waals surface area contributed by atoms with Crippen molar-refractivity contribution in [1.29, 1.82) is 0 Å². The van der Waals surface area contributed by atoms with Crippen molar-refractivity contribution < 1.29 is 13.0 Å². The Balaban J connectivity index is 0.000000173. The Morgan fingerprint density at radius 3 is 1.79 bits per heavy atom. The summed E-state index contributed by atoms with van der Waals surface area (Å²) in [6.45, 7) is 23.4. The van der Waals surface area contributed by atoms with Crippen LogP contribution in [0.25, 0.3) is 62.2 Å². The number of rotatable bonds is 19. The lowest BCUT2D eigenvalue weighted by molar-refractivity contribution is 0.483. The lowest BCUT2D eigenvalue weighted by Gasteiger charge is -2.30. The summed E-state index contributed by atoms with van der Waals surface area (Å²) >= 11 is 0. The van der Waals surface area contributed by atoms with Gasteiger partial charge in [0.25, 0.3) is 10.1 Å². The van der Waals surface area contributed by atoms with E-state index in [1.54, 1.807) is 18.2 Å². The smallest absolute Gasteiger partial charge is 0.294 e. The SMILES string of the molecule is C=CCc1c(C=CC=C2N(CC=C)c3nc4ccccc4nc3N2CC=C)n(CC=C)c2nc3ccccc3nc12.CCCCc1c(/C=C/C=C2\C=Cc3ccccc3N2CCCC)ccc2ccccc12.O=S(=O)(O)c1ccccc1. The third kappa shape index (κ3) is 13.0. The van der Waals surface area contributed by atoms with Crippen LogP contribution in [0.3, 0.4) is 0 Å². The lowest BCUT2D eigenvalue weighted by atomic mass is 9.94. The topological polar surface area (TPSA) is 121 Å². The van der Waals surface area contributed by atoms with Crippen molar-refractivity contribution in [3.8, 4) is 0 Å². The minimum atomic E-state index is -4.00. The minimum Gasteiger partial charge on any atom is -0.341 e. The maximum Gasteiger partial charge on any atom is 0.294 e. The van der Waals surface area contributed by atoms with E-state index in [1.165, 1.54) is 76.7 Å². The monoisotopic (exact) mass is 1100 g/mol. The van der Waals surface area contributed by atoms with Crippen LogP contribution in [0.2, 0.25) is 0 Å². The average molecular weight is 1100 g/mol. The average Bonchev–Trinajstić information content (AvgIpc) is 3.76. The largest absolute Gasteiger partial charge is 0.341 e. The molecule has 12 heteroatoms. The van der Waals surface area contributed by atoms with Gasteiger partial charge in [-0.25, -0.2) is 19.9 Å². The van der Waals surface area contributed by atoms with Gasteiger partial charge >= 0.3 is 0 Å². The second kappa shape index (κ2) is 27.3. The van der Waals surface area contributed by atoms with E-state index in [9.17, 15) is 8.42 Å². The van der Waals surface area contributed by atoms with Crippen molar-refractivity contribution in [1.82, 2.24) is 24.5 Å². The van der Waals surface area contributed by atoms with Gasteiger partial charge in [0.15, 0.2) is 17.3 Å². The molecule has 0 radical (unpaired) electrons. The normalized spacial score (nSPS) is 13.4. The van der Waals surface area contributed by atoms with Crippen LogP contribution >= 0.6 is 0 Å². The van der Waals surface area contributed by atoms with Gasteiger partial charge in [-0.15, -0.1) is 26.3 Å². The number of allylic oxidation sites excluding steroid dienone is 7. The Morgan fingerprint density at radius 2 is 1.16 bits per heavy atom. The van der Waals surface area contributed by atoms with E-state index < -0.39 is 10.1 Å². The summed E-state index contributed by atoms with van der Waals surface area (Å²) in [6.07, 6.45) is 31.7. The molecule has 0 spiro atoms. The molecule has 0 atom stereocenters. The molecule has 2 aliphatic heterocycles. The molecular formula is C70H70N8O3S. The van der Waals surface area contributed by atoms with Gasteiger partial charge in [0.2, 0.25) is 0 Å². The molecule has 0 aliphatic carbocycles. The van der Waals surface area contributed by atoms with E-state index in [4.69, 9.17) is 24.5 Å². The minimum absolute atomic E-state index is 0.0741. The van der Waals surface area contributed by atoms with E-state index in [0.717, 1.165) is 74.9 Å². The number of benzene rings is 6. The maximum absolute atomic E-state index is 10.4. The molecule has 1 N–H and O–H groups in total. The van der Waals surface area contributed by atoms with Crippen LogP contribution in [0.15, 0.2) is 237 Å². The number of nitrogens with zero attached hydrogens (tertiary/aromatic N) is 8. The van der Waals surface area contributed by atoms with E-state index in [-0.39, 0.29) is 4.90 Å². The Morgan fingerprint density at radius 1 is 0.561 bits per heavy atom. The molecule has 0 bridgehead atoms. The molecule has 9 aromatic rings. The van der Waals surface area contributed by atoms with Gasteiger partial charge < -0.3 is 19.3 Å². The summed E-state index contributed by atoms with van der Waals surface area (Å²) in [5.74, 6) is 2.56. The standard InChI is InChI=1S/C34H31N7.C30H33N.C6H6O3S/c1-5-14-24-29(39(21-6-2)32-31(24)35-25-15-9-10-16-26(25)36-32)19-13-20-30-40(22-7-3)33-34(41(30)23-8-4)38-28-18-12-11-17-27(28)37-33;1-3-5-16-28-25(20-19-24-12-7-9-17-29(24)28)14-11-15-27-22-21-26-13-8-10-18-30(26)31(27)23-6-4-2;7-10(8,9)6-4-2-1-3-5-6/h5-13,15-20H,1-4,14,21-23H2;7-15,17-22H,3-6,16,23H2,1-2H3;1-5H,(H,7,8,9)/b;14-11+,27-15+;. The van der Waals surface area contributed by atoms with Gasteiger partial charge in [0, 0.05) is 48.8 Å². The van der Waals surface area contributed by atoms with E-state index in [2.05, 4.69) is 169 Å². The summed E-state index contributed by atoms with van der Waals surface area (Å²) in [6, 6.07) is 45.3. The van der Waals surface area contributed by atoms with Gasteiger partial charge in [0.05, 0.1) is 27.0 Å². The zero-order valence-corrected chi connectivity index (χ0v) is 47.7. The van der Waals surface area contributed by atoms with Crippen LogP contribution in [0, 0.1) is 0 Å². The molecule has 5 heterocycles. The Bertz CT molecular complexity index is 3940.